The molecule has 0 radical (unpaired) electrons. The van der Waals surface area contributed by atoms with E-state index in [4.69, 9.17) is 9.47 Å². The molecule has 1 N–H and O–H groups in total. The Morgan fingerprint density at radius 1 is 1.37 bits per heavy atom. The second kappa shape index (κ2) is 6.73. The Bertz CT molecular complexity index is 430. The highest BCUT2D eigenvalue weighted by atomic mass is 79.9. The molecule has 1 aromatic carbocycles. The number of rotatable bonds is 4. The average molecular weight is 328 g/mol. The van der Waals surface area contributed by atoms with Crippen LogP contribution in [0.15, 0.2) is 16.6 Å². The van der Waals surface area contributed by atoms with Crippen molar-refractivity contribution in [3.63, 3.8) is 0 Å². The van der Waals surface area contributed by atoms with Gasteiger partial charge < -0.3 is 14.8 Å². The highest BCUT2D eigenvalue weighted by Gasteiger charge is 2.26. The molecule has 1 aliphatic heterocycles. The molecule has 19 heavy (non-hydrogen) atoms. The van der Waals surface area contributed by atoms with Crippen LogP contribution in [0.2, 0.25) is 0 Å². The van der Waals surface area contributed by atoms with Crippen LogP contribution in [0.1, 0.15) is 30.0 Å². The molecule has 1 atom stereocenters. The maximum absolute atomic E-state index is 5.56. The van der Waals surface area contributed by atoms with Crippen molar-refractivity contribution in [2.75, 3.05) is 27.4 Å². The van der Waals surface area contributed by atoms with Gasteiger partial charge in [0, 0.05) is 29.3 Å². The standard InChI is InChI=1S/C15H22BrNO2/c1-10-8-14(18-3)12(9-13(10)16)15(17-2)11-4-6-19-7-5-11/h8-9,11,15,17H,4-7H2,1-3H3. The molecule has 1 heterocycles. The van der Waals surface area contributed by atoms with Crippen molar-refractivity contribution < 1.29 is 9.47 Å². The number of aryl methyl sites for hydroxylation is 1. The summed E-state index contributed by atoms with van der Waals surface area (Å²) in [6.45, 7) is 3.80. The molecule has 1 aromatic rings. The van der Waals surface area contributed by atoms with Crippen LogP contribution in [0.5, 0.6) is 5.75 Å². The van der Waals surface area contributed by atoms with Gasteiger partial charge in [-0.2, -0.15) is 0 Å². The molecule has 0 aliphatic carbocycles. The fourth-order valence-electron chi connectivity index (χ4n) is 2.78. The smallest absolute Gasteiger partial charge is 0.123 e. The zero-order valence-electron chi connectivity index (χ0n) is 11.8. The molecule has 0 bridgehead atoms. The van der Waals surface area contributed by atoms with Crippen molar-refractivity contribution in [2.24, 2.45) is 5.92 Å². The lowest BCUT2D eigenvalue weighted by Crippen LogP contribution is -2.30. The first-order chi connectivity index (χ1) is 9.17. The molecule has 0 aromatic heterocycles. The van der Waals surface area contributed by atoms with Crippen LogP contribution in [0.4, 0.5) is 0 Å². The molecule has 2 rings (SSSR count). The quantitative estimate of drug-likeness (QED) is 0.918. The summed E-state index contributed by atoms with van der Waals surface area (Å²) in [5, 5.41) is 3.45. The van der Waals surface area contributed by atoms with Gasteiger partial charge in [-0.05, 0) is 50.4 Å². The van der Waals surface area contributed by atoms with Crippen LogP contribution in [-0.4, -0.2) is 27.4 Å². The summed E-state index contributed by atoms with van der Waals surface area (Å²) >= 11 is 3.62. The van der Waals surface area contributed by atoms with Crippen LogP contribution in [0.3, 0.4) is 0 Å². The van der Waals surface area contributed by atoms with Gasteiger partial charge in [0.05, 0.1) is 7.11 Å². The van der Waals surface area contributed by atoms with Gasteiger partial charge in [-0.25, -0.2) is 0 Å². The largest absolute Gasteiger partial charge is 0.496 e. The predicted octanol–water partition coefficient (Wildman–Crippen LogP) is 3.45. The zero-order valence-corrected chi connectivity index (χ0v) is 13.4. The normalized spacial score (nSPS) is 18.3. The molecular weight excluding hydrogens is 306 g/mol. The number of ether oxygens (including phenoxy) is 2. The second-order valence-electron chi connectivity index (χ2n) is 5.06. The van der Waals surface area contributed by atoms with Crippen LogP contribution >= 0.6 is 15.9 Å². The van der Waals surface area contributed by atoms with Crippen LogP contribution in [0.25, 0.3) is 0 Å². The molecule has 1 unspecified atom stereocenters. The van der Waals surface area contributed by atoms with Gasteiger partial charge in [0.25, 0.3) is 0 Å². The number of benzene rings is 1. The third kappa shape index (κ3) is 3.30. The van der Waals surface area contributed by atoms with Crippen molar-refractivity contribution >= 4 is 15.9 Å². The Balaban J connectivity index is 2.33. The van der Waals surface area contributed by atoms with E-state index in [-0.39, 0.29) is 0 Å². The van der Waals surface area contributed by atoms with E-state index in [1.165, 1.54) is 11.1 Å². The summed E-state index contributed by atoms with van der Waals surface area (Å²) in [6.07, 6.45) is 2.19. The minimum absolute atomic E-state index is 0.316. The fraction of sp³-hybridized carbons (Fsp3) is 0.600. The Kier molecular flexibility index (Phi) is 5.25. The number of hydrogen-bond acceptors (Lipinski definition) is 3. The Hall–Kier alpha value is -0.580. The maximum atomic E-state index is 5.56. The Morgan fingerprint density at radius 3 is 2.63 bits per heavy atom. The highest BCUT2D eigenvalue weighted by Crippen LogP contribution is 2.37. The minimum atomic E-state index is 0.316. The predicted molar refractivity (Wildman–Crippen MR) is 80.8 cm³/mol. The highest BCUT2D eigenvalue weighted by molar-refractivity contribution is 9.10. The molecule has 106 valence electrons. The molecule has 3 nitrogen and oxygen atoms in total. The van der Waals surface area contributed by atoms with Gasteiger partial charge >= 0.3 is 0 Å². The van der Waals surface area contributed by atoms with E-state index in [0.29, 0.717) is 12.0 Å². The molecule has 4 heteroatoms. The van der Waals surface area contributed by atoms with Gasteiger partial charge in [0.2, 0.25) is 0 Å². The van der Waals surface area contributed by atoms with E-state index in [1.807, 2.05) is 7.05 Å². The van der Waals surface area contributed by atoms with Crippen LogP contribution < -0.4 is 10.1 Å². The van der Waals surface area contributed by atoms with E-state index < -0.39 is 0 Å². The van der Waals surface area contributed by atoms with E-state index in [9.17, 15) is 0 Å². The Morgan fingerprint density at radius 2 is 2.05 bits per heavy atom. The zero-order chi connectivity index (χ0) is 13.8. The van der Waals surface area contributed by atoms with Gasteiger partial charge in [-0.1, -0.05) is 15.9 Å². The van der Waals surface area contributed by atoms with E-state index in [1.54, 1.807) is 7.11 Å². The first kappa shape index (κ1) is 14.8. The summed E-state index contributed by atoms with van der Waals surface area (Å²) < 4.78 is 12.2. The first-order valence-corrected chi connectivity index (χ1v) is 7.55. The second-order valence-corrected chi connectivity index (χ2v) is 5.91. The van der Waals surface area contributed by atoms with Crippen LogP contribution in [-0.2, 0) is 4.74 Å². The SMILES string of the molecule is CNC(c1cc(Br)c(C)cc1OC)C1CCOCC1. The maximum Gasteiger partial charge on any atom is 0.123 e. The first-order valence-electron chi connectivity index (χ1n) is 6.76. The molecule has 1 saturated heterocycles. The monoisotopic (exact) mass is 327 g/mol. The average Bonchev–Trinajstić information content (AvgIpc) is 2.44. The lowest BCUT2D eigenvalue weighted by Gasteiger charge is -2.31. The lowest BCUT2D eigenvalue weighted by molar-refractivity contribution is 0.0543. The lowest BCUT2D eigenvalue weighted by atomic mass is 9.86. The molecule has 1 aliphatic rings. The number of halogens is 1. The summed E-state index contributed by atoms with van der Waals surface area (Å²) in [5.41, 5.74) is 2.43. The molecular formula is C15H22BrNO2. The van der Waals surface area contributed by atoms with Crippen molar-refractivity contribution in [3.05, 3.63) is 27.7 Å². The molecule has 0 saturated carbocycles. The minimum Gasteiger partial charge on any atom is -0.496 e. The molecule has 0 amide bonds. The number of methoxy groups -OCH3 is 1. The van der Waals surface area contributed by atoms with Gasteiger partial charge in [-0.3, -0.25) is 0 Å². The number of hydrogen-bond donors (Lipinski definition) is 1. The summed E-state index contributed by atoms with van der Waals surface area (Å²) in [5.74, 6) is 1.56. The van der Waals surface area contributed by atoms with Crippen LogP contribution in [0, 0.1) is 12.8 Å². The topological polar surface area (TPSA) is 30.5 Å². The number of nitrogens with one attached hydrogen (secondary N) is 1. The van der Waals surface area contributed by atoms with Crippen molar-refractivity contribution in [1.82, 2.24) is 5.32 Å². The van der Waals surface area contributed by atoms with E-state index in [0.717, 1.165) is 36.3 Å². The summed E-state index contributed by atoms with van der Waals surface area (Å²) in [7, 11) is 3.76. The van der Waals surface area contributed by atoms with Crippen molar-refractivity contribution in [2.45, 2.75) is 25.8 Å². The van der Waals surface area contributed by atoms with Crippen molar-refractivity contribution in [3.8, 4) is 5.75 Å². The summed E-state index contributed by atoms with van der Waals surface area (Å²) in [4.78, 5) is 0. The van der Waals surface area contributed by atoms with Gasteiger partial charge in [0.15, 0.2) is 0 Å². The van der Waals surface area contributed by atoms with E-state index in [2.05, 4.69) is 40.3 Å². The molecule has 0 spiro atoms. The summed E-state index contributed by atoms with van der Waals surface area (Å²) in [6, 6.07) is 4.60. The molecule has 1 fully saturated rings. The fourth-order valence-corrected chi connectivity index (χ4v) is 3.15. The van der Waals surface area contributed by atoms with E-state index >= 15 is 0 Å². The van der Waals surface area contributed by atoms with Gasteiger partial charge in [0.1, 0.15) is 5.75 Å². The third-order valence-electron chi connectivity index (χ3n) is 3.89. The van der Waals surface area contributed by atoms with Crippen molar-refractivity contribution in [1.29, 1.82) is 0 Å². The Labute approximate surface area is 123 Å². The third-order valence-corrected chi connectivity index (χ3v) is 4.75. The van der Waals surface area contributed by atoms with Gasteiger partial charge in [-0.15, -0.1) is 0 Å².